The Labute approximate surface area is 132 Å². The van der Waals surface area contributed by atoms with Gasteiger partial charge in [-0.1, -0.05) is 6.42 Å². The fourth-order valence-corrected chi connectivity index (χ4v) is 2.54. The Kier molecular flexibility index (Phi) is 5.63. The lowest BCUT2D eigenvalue weighted by molar-refractivity contribution is -0.0581. The van der Waals surface area contributed by atoms with Gasteiger partial charge >= 0.3 is 12.3 Å². The molecule has 1 aromatic rings. The average molecular weight is 329 g/mol. The van der Waals surface area contributed by atoms with Crippen molar-refractivity contribution in [2.24, 2.45) is 4.99 Å². The zero-order valence-electron chi connectivity index (χ0n) is 12.7. The van der Waals surface area contributed by atoms with Crippen LogP contribution in [0.3, 0.4) is 0 Å². The van der Waals surface area contributed by atoms with Gasteiger partial charge in [-0.2, -0.15) is 13.2 Å². The van der Waals surface area contributed by atoms with E-state index in [4.69, 9.17) is 9.47 Å². The molecule has 0 spiro atoms. The molecule has 0 saturated heterocycles. The lowest BCUT2D eigenvalue weighted by Gasteiger charge is -2.21. The summed E-state index contributed by atoms with van der Waals surface area (Å²) in [5.41, 5.74) is -1.07. The number of nitrogens with zero attached hydrogens (tertiary/aromatic N) is 1. The summed E-state index contributed by atoms with van der Waals surface area (Å²) >= 11 is 0. The highest BCUT2D eigenvalue weighted by Crippen LogP contribution is 2.25. The Morgan fingerprint density at radius 2 is 1.74 bits per heavy atom. The topological polar surface area (TPSA) is 47.9 Å². The summed E-state index contributed by atoms with van der Waals surface area (Å²) in [7, 11) is 1.08. The van der Waals surface area contributed by atoms with Crippen molar-refractivity contribution in [2.45, 2.75) is 44.4 Å². The number of ether oxygens (including phenoxy) is 2. The van der Waals surface area contributed by atoms with Gasteiger partial charge in [0.1, 0.15) is 17.6 Å². The van der Waals surface area contributed by atoms with E-state index in [2.05, 4.69) is 4.99 Å². The van der Waals surface area contributed by atoms with Crippen LogP contribution >= 0.6 is 0 Å². The van der Waals surface area contributed by atoms with Gasteiger partial charge in [-0.3, -0.25) is 4.99 Å². The van der Waals surface area contributed by atoms with Gasteiger partial charge in [0, 0.05) is 12.6 Å². The zero-order valence-corrected chi connectivity index (χ0v) is 12.7. The molecule has 1 aliphatic rings. The highest BCUT2D eigenvalue weighted by molar-refractivity contribution is 6.04. The maximum absolute atomic E-state index is 12.7. The Hall–Kier alpha value is -2.05. The maximum Gasteiger partial charge on any atom is 0.514 e. The predicted molar refractivity (Wildman–Crippen MR) is 78.9 cm³/mol. The van der Waals surface area contributed by atoms with Gasteiger partial charge in [0.05, 0.1) is 0 Å². The minimum absolute atomic E-state index is 0.0898. The first-order chi connectivity index (χ1) is 10.9. The van der Waals surface area contributed by atoms with E-state index in [1.807, 2.05) is 0 Å². The minimum Gasteiger partial charge on any atom is -0.431 e. The Morgan fingerprint density at radius 3 is 2.26 bits per heavy atom. The van der Waals surface area contributed by atoms with E-state index in [-0.39, 0.29) is 17.4 Å². The van der Waals surface area contributed by atoms with E-state index < -0.39 is 18.0 Å². The number of carbonyl (C=O) groups is 1. The summed E-state index contributed by atoms with van der Waals surface area (Å²) in [5.74, 6) is 0.132. The summed E-state index contributed by atoms with van der Waals surface area (Å²) in [6, 6.07) is 4.99. The standard InChI is InChI=1S/C16H18F3NO3/c1-20-14(16(17,18)19)11-7-9-13(10-8-11)23-15(21)22-12-5-3-2-4-6-12/h7-10,12H,2-6H2,1H3/b20-14-. The normalized spacial score (nSPS) is 17.0. The van der Waals surface area contributed by atoms with Crippen LogP contribution in [-0.4, -0.2) is 31.2 Å². The molecule has 0 N–H and O–H groups in total. The third-order valence-electron chi connectivity index (χ3n) is 3.64. The molecule has 0 aliphatic heterocycles. The number of hydrogen-bond donors (Lipinski definition) is 0. The Bertz CT molecular complexity index is 561. The summed E-state index contributed by atoms with van der Waals surface area (Å²) < 4.78 is 48.4. The van der Waals surface area contributed by atoms with Gasteiger partial charge in [-0.25, -0.2) is 4.79 Å². The van der Waals surface area contributed by atoms with Crippen LogP contribution in [0.15, 0.2) is 29.3 Å². The molecule has 23 heavy (non-hydrogen) atoms. The average Bonchev–Trinajstić information content (AvgIpc) is 2.49. The van der Waals surface area contributed by atoms with Crippen molar-refractivity contribution < 1.29 is 27.4 Å². The summed E-state index contributed by atoms with van der Waals surface area (Å²) in [4.78, 5) is 14.9. The molecule has 1 fully saturated rings. The molecule has 126 valence electrons. The third-order valence-corrected chi connectivity index (χ3v) is 3.64. The zero-order chi connectivity index (χ0) is 16.9. The van der Waals surface area contributed by atoms with Gasteiger partial charge < -0.3 is 9.47 Å². The van der Waals surface area contributed by atoms with Crippen molar-refractivity contribution in [3.05, 3.63) is 29.8 Å². The first-order valence-corrected chi connectivity index (χ1v) is 7.43. The van der Waals surface area contributed by atoms with Crippen LogP contribution in [0.4, 0.5) is 18.0 Å². The number of benzene rings is 1. The van der Waals surface area contributed by atoms with E-state index in [0.717, 1.165) is 39.2 Å². The smallest absolute Gasteiger partial charge is 0.431 e. The monoisotopic (exact) mass is 329 g/mol. The number of rotatable bonds is 3. The second-order valence-electron chi connectivity index (χ2n) is 5.32. The van der Waals surface area contributed by atoms with Crippen LogP contribution in [0.1, 0.15) is 37.7 Å². The van der Waals surface area contributed by atoms with Crippen LogP contribution in [0.2, 0.25) is 0 Å². The van der Waals surface area contributed by atoms with E-state index in [1.54, 1.807) is 0 Å². The quantitative estimate of drug-likeness (QED) is 0.465. The fourth-order valence-electron chi connectivity index (χ4n) is 2.54. The van der Waals surface area contributed by atoms with Gasteiger partial charge in [0.25, 0.3) is 0 Å². The highest BCUT2D eigenvalue weighted by Gasteiger charge is 2.36. The summed E-state index contributed by atoms with van der Waals surface area (Å²) in [5, 5.41) is 0. The van der Waals surface area contributed by atoms with Gasteiger partial charge in [-0.15, -0.1) is 0 Å². The molecule has 1 saturated carbocycles. The molecule has 4 nitrogen and oxygen atoms in total. The van der Waals surface area contributed by atoms with E-state index >= 15 is 0 Å². The fraction of sp³-hybridized carbons (Fsp3) is 0.500. The number of halogens is 3. The number of hydrogen-bond acceptors (Lipinski definition) is 4. The second-order valence-corrected chi connectivity index (χ2v) is 5.32. The Balaban J connectivity index is 1.95. The van der Waals surface area contributed by atoms with Crippen molar-refractivity contribution in [3.8, 4) is 5.75 Å². The van der Waals surface area contributed by atoms with Crippen molar-refractivity contribution in [1.29, 1.82) is 0 Å². The molecule has 1 aliphatic carbocycles. The molecule has 2 rings (SSSR count). The molecule has 0 aromatic heterocycles. The van der Waals surface area contributed by atoms with E-state index in [0.29, 0.717) is 0 Å². The Morgan fingerprint density at radius 1 is 1.13 bits per heavy atom. The lowest BCUT2D eigenvalue weighted by Crippen LogP contribution is -2.24. The number of carbonyl (C=O) groups excluding carboxylic acids is 1. The number of alkyl halides is 3. The minimum atomic E-state index is -4.53. The molecule has 7 heteroatoms. The largest absolute Gasteiger partial charge is 0.514 e. The summed E-state index contributed by atoms with van der Waals surface area (Å²) in [6.45, 7) is 0. The molecule has 0 unspecified atom stereocenters. The van der Waals surface area contributed by atoms with Gasteiger partial charge in [0.2, 0.25) is 0 Å². The maximum atomic E-state index is 12.7. The molecule has 0 amide bonds. The molecule has 0 radical (unpaired) electrons. The first-order valence-electron chi connectivity index (χ1n) is 7.43. The highest BCUT2D eigenvalue weighted by atomic mass is 19.4. The molecule has 0 bridgehead atoms. The van der Waals surface area contributed by atoms with E-state index in [1.165, 1.54) is 24.3 Å². The van der Waals surface area contributed by atoms with Gasteiger partial charge in [0.15, 0.2) is 0 Å². The lowest BCUT2D eigenvalue weighted by atomic mass is 9.98. The van der Waals surface area contributed by atoms with Crippen LogP contribution in [-0.2, 0) is 4.74 Å². The predicted octanol–water partition coefficient (Wildman–Crippen LogP) is 4.52. The number of aliphatic imine (C=N–C) groups is 1. The van der Waals surface area contributed by atoms with Crippen LogP contribution < -0.4 is 4.74 Å². The van der Waals surface area contributed by atoms with Crippen molar-refractivity contribution in [1.82, 2.24) is 0 Å². The molecular weight excluding hydrogens is 311 g/mol. The second kappa shape index (κ2) is 7.48. The van der Waals surface area contributed by atoms with Crippen molar-refractivity contribution in [2.75, 3.05) is 7.05 Å². The first kappa shape index (κ1) is 17.3. The van der Waals surface area contributed by atoms with Crippen LogP contribution in [0.25, 0.3) is 0 Å². The van der Waals surface area contributed by atoms with Gasteiger partial charge in [-0.05, 0) is 49.9 Å². The third kappa shape index (κ3) is 4.97. The van der Waals surface area contributed by atoms with Crippen LogP contribution in [0, 0.1) is 0 Å². The van der Waals surface area contributed by atoms with E-state index in [9.17, 15) is 18.0 Å². The molecule has 1 aromatic carbocycles. The van der Waals surface area contributed by atoms with Crippen molar-refractivity contribution in [3.63, 3.8) is 0 Å². The SMILES string of the molecule is C/N=C(/c1ccc(OC(=O)OC2CCCCC2)cc1)C(F)(F)F. The summed E-state index contributed by atoms with van der Waals surface area (Å²) in [6.07, 6.45) is -0.698. The molecule has 0 atom stereocenters. The van der Waals surface area contributed by atoms with Crippen LogP contribution in [0.5, 0.6) is 5.75 Å². The molecular formula is C16H18F3NO3. The van der Waals surface area contributed by atoms with Crippen molar-refractivity contribution >= 4 is 11.9 Å². The molecule has 0 heterocycles.